The smallest absolute Gasteiger partial charge is 0.355 e. The van der Waals surface area contributed by atoms with E-state index in [1.807, 2.05) is 50.2 Å². The number of oxazole rings is 1. The SMILES string of the molecule is COC(=O)C1=C(C(=O)OC)N(c2cc(-c3nc4cc(C)ccc4o3)ccc2C)C=CC=C1. The minimum atomic E-state index is -0.663. The van der Waals surface area contributed by atoms with Gasteiger partial charge in [-0.25, -0.2) is 14.6 Å². The number of hydrogen-bond acceptors (Lipinski definition) is 7. The summed E-state index contributed by atoms with van der Waals surface area (Å²) >= 11 is 0. The number of methoxy groups -OCH3 is 2. The van der Waals surface area contributed by atoms with E-state index in [1.54, 1.807) is 23.3 Å². The molecule has 7 nitrogen and oxygen atoms in total. The highest BCUT2D eigenvalue weighted by atomic mass is 16.5. The van der Waals surface area contributed by atoms with E-state index >= 15 is 0 Å². The summed E-state index contributed by atoms with van der Waals surface area (Å²) in [6.45, 7) is 3.91. The van der Waals surface area contributed by atoms with Gasteiger partial charge in [0.05, 0.1) is 19.8 Å². The van der Waals surface area contributed by atoms with Crippen LogP contribution in [0.15, 0.2) is 76.5 Å². The first-order chi connectivity index (χ1) is 15.4. The van der Waals surface area contributed by atoms with Crippen molar-refractivity contribution in [2.24, 2.45) is 0 Å². The number of aromatic nitrogens is 1. The fraction of sp³-hybridized carbons (Fsp3) is 0.160. The standard InChI is InChI=1S/C25H22N2O5/c1-15-8-11-21-19(13-15)26-23(32-21)17-10-9-16(2)20(14-17)27-12-6-5-7-18(24(28)30-3)22(27)25(29)31-4/h5-14H,1-4H3. The molecule has 0 spiro atoms. The maximum atomic E-state index is 12.7. The summed E-state index contributed by atoms with van der Waals surface area (Å²) < 4.78 is 15.8. The van der Waals surface area contributed by atoms with E-state index in [9.17, 15) is 9.59 Å². The second kappa shape index (κ2) is 8.55. The number of allylic oxidation sites excluding steroid dienone is 2. The van der Waals surface area contributed by atoms with Gasteiger partial charge in [-0.15, -0.1) is 0 Å². The highest BCUT2D eigenvalue weighted by molar-refractivity contribution is 6.05. The van der Waals surface area contributed by atoms with E-state index in [0.717, 1.165) is 22.2 Å². The number of hydrogen-bond donors (Lipinski definition) is 0. The molecule has 0 amide bonds. The third-order valence-corrected chi connectivity index (χ3v) is 5.15. The summed E-state index contributed by atoms with van der Waals surface area (Å²) in [6.07, 6.45) is 6.61. The summed E-state index contributed by atoms with van der Waals surface area (Å²) in [5.41, 5.74) is 4.96. The van der Waals surface area contributed by atoms with Crippen LogP contribution in [-0.2, 0) is 19.1 Å². The summed E-state index contributed by atoms with van der Waals surface area (Å²) in [5.74, 6) is -0.845. The lowest BCUT2D eigenvalue weighted by Crippen LogP contribution is -2.27. The Hall–Kier alpha value is -4.13. The maximum absolute atomic E-state index is 12.7. The summed E-state index contributed by atoms with van der Waals surface area (Å²) in [7, 11) is 2.53. The molecule has 0 N–H and O–H groups in total. The van der Waals surface area contributed by atoms with Gasteiger partial charge in [0.25, 0.3) is 0 Å². The van der Waals surface area contributed by atoms with Gasteiger partial charge < -0.3 is 18.8 Å². The van der Waals surface area contributed by atoms with E-state index in [0.29, 0.717) is 17.2 Å². The predicted molar refractivity (Wildman–Crippen MR) is 121 cm³/mol. The van der Waals surface area contributed by atoms with Crippen molar-refractivity contribution in [3.63, 3.8) is 0 Å². The Balaban J connectivity index is 1.87. The minimum absolute atomic E-state index is 0.0535. The van der Waals surface area contributed by atoms with Gasteiger partial charge in [0.1, 0.15) is 11.2 Å². The number of fused-ring (bicyclic) bond motifs is 1. The molecule has 2 heterocycles. The molecule has 0 unspecified atom stereocenters. The number of carbonyl (C=O) groups excluding carboxylic acids is 2. The zero-order valence-electron chi connectivity index (χ0n) is 18.2. The molecule has 0 fully saturated rings. The van der Waals surface area contributed by atoms with Crippen molar-refractivity contribution in [2.75, 3.05) is 19.1 Å². The molecule has 0 aliphatic carbocycles. The molecule has 2 aromatic carbocycles. The lowest BCUT2D eigenvalue weighted by molar-refractivity contribution is -0.139. The molecule has 0 saturated heterocycles. The number of rotatable bonds is 4. The fourth-order valence-corrected chi connectivity index (χ4v) is 3.51. The molecule has 3 aromatic rings. The summed E-state index contributed by atoms with van der Waals surface area (Å²) in [4.78, 5) is 31.4. The predicted octanol–water partition coefficient (Wildman–Crippen LogP) is 4.60. The Morgan fingerprint density at radius 2 is 1.75 bits per heavy atom. The quantitative estimate of drug-likeness (QED) is 0.560. The molecule has 162 valence electrons. The molecule has 0 atom stereocenters. The van der Waals surface area contributed by atoms with Gasteiger partial charge in [-0.3, -0.25) is 0 Å². The van der Waals surface area contributed by atoms with E-state index in [2.05, 4.69) is 4.98 Å². The number of ether oxygens (including phenoxy) is 2. The second-order valence-electron chi connectivity index (χ2n) is 7.31. The van der Waals surface area contributed by atoms with Crippen molar-refractivity contribution >= 4 is 28.7 Å². The molecule has 4 rings (SSSR count). The lowest BCUT2D eigenvalue weighted by Gasteiger charge is -2.25. The first kappa shape index (κ1) is 21.1. The van der Waals surface area contributed by atoms with Crippen LogP contribution in [0.1, 0.15) is 11.1 Å². The Kier molecular flexibility index (Phi) is 5.64. The number of anilines is 1. The van der Waals surface area contributed by atoms with E-state index in [-0.39, 0.29) is 11.3 Å². The average molecular weight is 430 g/mol. The van der Waals surface area contributed by atoms with Crippen molar-refractivity contribution in [1.29, 1.82) is 0 Å². The van der Waals surface area contributed by atoms with Crippen LogP contribution in [0.3, 0.4) is 0 Å². The number of esters is 2. The van der Waals surface area contributed by atoms with Crippen molar-refractivity contribution in [1.82, 2.24) is 4.98 Å². The summed E-state index contributed by atoms with van der Waals surface area (Å²) in [6, 6.07) is 11.5. The Bertz CT molecular complexity index is 1310. The zero-order chi connectivity index (χ0) is 22.8. The molecule has 1 aliphatic heterocycles. The average Bonchev–Trinajstić information content (AvgIpc) is 3.09. The van der Waals surface area contributed by atoms with Gasteiger partial charge in [0.15, 0.2) is 5.58 Å². The van der Waals surface area contributed by atoms with Gasteiger partial charge in [0, 0.05) is 17.5 Å². The first-order valence-corrected chi connectivity index (χ1v) is 9.96. The Morgan fingerprint density at radius 1 is 0.969 bits per heavy atom. The molecular formula is C25H22N2O5. The number of nitrogens with zero attached hydrogens (tertiary/aromatic N) is 2. The van der Waals surface area contributed by atoms with Crippen LogP contribution in [0, 0.1) is 13.8 Å². The monoisotopic (exact) mass is 430 g/mol. The van der Waals surface area contributed by atoms with Gasteiger partial charge in [-0.2, -0.15) is 0 Å². The van der Waals surface area contributed by atoms with Gasteiger partial charge >= 0.3 is 11.9 Å². The maximum Gasteiger partial charge on any atom is 0.355 e. The second-order valence-corrected chi connectivity index (χ2v) is 7.31. The van der Waals surface area contributed by atoms with Crippen LogP contribution in [0.2, 0.25) is 0 Å². The van der Waals surface area contributed by atoms with Crippen molar-refractivity contribution in [3.05, 3.63) is 83.2 Å². The van der Waals surface area contributed by atoms with Crippen LogP contribution >= 0.6 is 0 Å². The van der Waals surface area contributed by atoms with E-state index in [4.69, 9.17) is 13.9 Å². The Labute approximate surface area is 185 Å². The van der Waals surface area contributed by atoms with Gasteiger partial charge in [-0.1, -0.05) is 18.2 Å². The first-order valence-electron chi connectivity index (χ1n) is 9.96. The molecular weight excluding hydrogens is 408 g/mol. The number of carbonyl (C=O) groups is 2. The number of benzene rings is 2. The normalized spacial score (nSPS) is 13.4. The topological polar surface area (TPSA) is 81.9 Å². The van der Waals surface area contributed by atoms with E-state index in [1.165, 1.54) is 20.3 Å². The lowest BCUT2D eigenvalue weighted by atomic mass is 10.1. The minimum Gasteiger partial charge on any atom is -0.465 e. The van der Waals surface area contributed by atoms with Gasteiger partial charge in [-0.05, 0) is 61.4 Å². The molecule has 32 heavy (non-hydrogen) atoms. The van der Waals surface area contributed by atoms with Crippen molar-refractivity contribution in [2.45, 2.75) is 13.8 Å². The van der Waals surface area contributed by atoms with Crippen molar-refractivity contribution < 1.29 is 23.5 Å². The molecule has 7 heteroatoms. The third kappa shape index (κ3) is 3.80. The van der Waals surface area contributed by atoms with Gasteiger partial charge in [0.2, 0.25) is 5.89 Å². The highest BCUT2D eigenvalue weighted by Crippen LogP contribution is 2.33. The molecule has 0 radical (unpaired) electrons. The molecule has 0 saturated carbocycles. The Morgan fingerprint density at radius 3 is 2.50 bits per heavy atom. The largest absolute Gasteiger partial charge is 0.465 e. The van der Waals surface area contributed by atoms with Crippen molar-refractivity contribution in [3.8, 4) is 11.5 Å². The van der Waals surface area contributed by atoms with Crippen LogP contribution in [0.5, 0.6) is 0 Å². The fourth-order valence-electron chi connectivity index (χ4n) is 3.51. The van der Waals surface area contributed by atoms with E-state index < -0.39 is 11.9 Å². The molecule has 1 aromatic heterocycles. The number of aryl methyl sites for hydroxylation is 2. The molecule has 1 aliphatic rings. The summed E-state index contributed by atoms with van der Waals surface area (Å²) in [5, 5.41) is 0. The van der Waals surface area contributed by atoms with Crippen LogP contribution < -0.4 is 4.90 Å². The third-order valence-electron chi connectivity index (χ3n) is 5.15. The zero-order valence-corrected chi connectivity index (χ0v) is 18.2. The van der Waals surface area contributed by atoms with Crippen LogP contribution in [-0.4, -0.2) is 31.1 Å². The molecule has 0 bridgehead atoms. The van der Waals surface area contributed by atoms with Crippen LogP contribution in [0.25, 0.3) is 22.6 Å². The van der Waals surface area contributed by atoms with Crippen LogP contribution in [0.4, 0.5) is 5.69 Å². The highest BCUT2D eigenvalue weighted by Gasteiger charge is 2.28.